The second-order valence-corrected chi connectivity index (χ2v) is 8.31. The van der Waals surface area contributed by atoms with Crippen LogP contribution in [-0.2, 0) is 25.8 Å². The fourth-order valence-electron chi connectivity index (χ4n) is 2.40. The third-order valence-electron chi connectivity index (χ3n) is 3.75. The SMILES string of the molecule is CCOC(=O)COc1ccc(CCCS(=O)(=O)c2ccc(Cl)cc2)c(O)c1. The number of hydrogen-bond donors (Lipinski definition) is 1. The fourth-order valence-corrected chi connectivity index (χ4v) is 3.84. The summed E-state index contributed by atoms with van der Waals surface area (Å²) in [4.78, 5) is 11.5. The van der Waals surface area contributed by atoms with E-state index < -0.39 is 15.8 Å². The molecule has 27 heavy (non-hydrogen) atoms. The molecule has 0 saturated carbocycles. The van der Waals surface area contributed by atoms with Gasteiger partial charge in [-0.05, 0) is 55.7 Å². The molecule has 0 spiro atoms. The van der Waals surface area contributed by atoms with Gasteiger partial charge in [0, 0.05) is 11.1 Å². The van der Waals surface area contributed by atoms with Crippen molar-refractivity contribution in [2.24, 2.45) is 0 Å². The fraction of sp³-hybridized carbons (Fsp3) is 0.316. The number of sulfone groups is 1. The molecule has 0 aromatic heterocycles. The van der Waals surface area contributed by atoms with Gasteiger partial charge in [0.2, 0.25) is 0 Å². The first-order valence-electron chi connectivity index (χ1n) is 8.40. The van der Waals surface area contributed by atoms with Crippen molar-refractivity contribution in [2.45, 2.75) is 24.7 Å². The van der Waals surface area contributed by atoms with E-state index in [-0.39, 0.29) is 29.6 Å². The zero-order chi connectivity index (χ0) is 19.9. The van der Waals surface area contributed by atoms with E-state index in [1.807, 2.05) is 0 Å². The molecule has 146 valence electrons. The van der Waals surface area contributed by atoms with E-state index >= 15 is 0 Å². The standard InChI is InChI=1S/C19H21ClO6S/c1-2-25-19(22)13-26-16-8-5-14(18(21)12-16)4-3-11-27(23,24)17-9-6-15(20)7-10-17/h5-10,12,21H,2-4,11,13H2,1H3. The number of aryl methyl sites for hydroxylation is 1. The topological polar surface area (TPSA) is 89.9 Å². The smallest absolute Gasteiger partial charge is 0.344 e. The average molecular weight is 413 g/mol. The van der Waals surface area contributed by atoms with Gasteiger partial charge in [0.05, 0.1) is 17.3 Å². The van der Waals surface area contributed by atoms with Crippen LogP contribution in [0, 0.1) is 0 Å². The number of halogens is 1. The van der Waals surface area contributed by atoms with Crippen LogP contribution in [0.1, 0.15) is 18.9 Å². The van der Waals surface area contributed by atoms with Gasteiger partial charge >= 0.3 is 5.97 Å². The quantitative estimate of drug-likeness (QED) is 0.635. The summed E-state index contributed by atoms with van der Waals surface area (Å²) < 4.78 is 34.6. The van der Waals surface area contributed by atoms with E-state index in [1.165, 1.54) is 30.3 Å². The summed E-state index contributed by atoms with van der Waals surface area (Å²) in [5.41, 5.74) is 0.602. The van der Waals surface area contributed by atoms with Crippen LogP contribution in [0.5, 0.6) is 11.5 Å². The predicted octanol–water partition coefficient (Wildman–Crippen LogP) is 3.39. The van der Waals surface area contributed by atoms with Crippen molar-refractivity contribution in [1.82, 2.24) is 0 Å². The molecule has 0 aliphatic rings. The van der Waals surface area contributed by atoms with Gasteiger partial charge in [-0.25, -0.2) is 13.2 Å². The zero-order valence-corrected chi connectivity index (χ0v) is 16.4. The van der Waals surface area contributed by atoms with Crippen LogP contribution < -0.4 is 4.74 Å². The maximum atomic E-state index is 12.3. The van der Waals surface area contributed by atoms with Gasteiger partial charge in [-0.15, -0.1) is 0 Å². The Morgan fingerprint density at radius 2 is 1.85 bits per heavy atom. The Kier molecular flexibility index (Phi) is 7.50. The van der Waals surface area contributed by atoms with Gasteiger partial charge < -0.3 is 14.6 Å². The molecule has 6 nitrogen and oxygen atoms in total. The summed E-state index contributed by atoms with van der Waals surface area (Å²) in [6.45, 7) is 1.73. The van der Waals surface area contributed by atoms with Gasteiger partial charge in [-0.1, -0.05) is 17.7 Å². The molecule has 0 heterocycles. The molecule has 0 radical (unpaired) electrons. The summed E-state index contributed by atoms with van der Waals surface area (Å²) in [5.74, 6) is -0.221. The number of ether oxygens (including phenoxy) is 2. The number of hydrogen-bond acceptors (Lipinski definition) is 6. The van der Waals surface area contributed by atoms with Gasteiger partial charge in [-0.3, -0.25) is 0 Å². The summed E-state index contributed by atoms with van der Waals surface area (Å²) >= 11 is 5.77. The molecule has 0 aliphatic heterocycles. The molecule has 1 N–H and O–H groups in total. The predicted molar refractivity (Wildman–Crippen MR) is 102 cm³/mol. The molecule has 2 aromatic rings. The van der Waals surface area contributed by atoms with Crippen LogP contribution in [0.2, 0.25) is 5.02 Å². The van der Waals surface area contributed by atoms with Crippen LogP contribution in [0.3, 0.4) is 0 Å². The minimum atomic E-state index is -3.41. The van der Waals surface area contributed by atoms with E-state index in [0.29, 0.717) is 29.2 Å². The van der Waals surface area contributed by atoms with Crippen molar-refractivity contribution in [3.05, 3.63) is 53.1 Å². The van der Waals surface area contributed by atoms with E-state index in [4.69, 9.17) is 21.1 Å². The summed E-state index contributed by atoms with van der Waals surface area (Å²) in [7, 11) is -3.41. The number of esters is 1. The lowest BCUT2D eigenvalue weighted by Gasteiger charge is -2.09. The first kappa shape index (κ1) is 21.1. The Balaban J connectivity index is 1.90. The third kappa shape index (κ3) is 6.45. The van der Waals surface area contributed by atoms with Crippen molar-refractivity contribution in [3.63, 3.8) is 0 Å². The zero-order valence-electron chi connectivity index (χ0n) is 14.9. The highest BCUT2D eigenvalue weighted by Gasteiger charge is 2.15. The number of phenols is 1. The maximum absolute atomic E-state index is 12.3. The number of rotatable bonds is 9. The van der Waals surface area contributed by atoms with Crippen molar-refractivity contribution in [1.29, 1.82) is 0 Å². The average Bonchev–Trinajstić information content (AvgIpc) is 2.62. The number of carbonyl (C=O) groups excluding carboxylic acids is 1. The van der Waals surface area contributed by atoms with E-state index in [1.54, 1.807) is 19.1 Å². The lowest BCUT2D eigenvalue weighted by Crippen LogP contribution is -2.14. The van der Waals surface area contributed by atoms with Crippen LogP contribution in [-0.4, -0.2) is 38.5 Å². The van der Waals surface area contributed by atoms with Crippen molar-refractivity contribution in [2.75, 3.05) is 19.0 Å². The lowest BCUT2D eigenvalue weighted by atomic mass is 10.1. The van der Waals surface area contributed by atoms with Crippen molar-refractivity contribution >= 4 is 27.4 Å². The normalized spacial score (nSPS) is 11.2. The molecule has 0 unspecified atom stereocenters. The number of phenolic OH excluding ortho intramolecular Hbond substituents is 1. The highest BCUT2D eigenvalue weighted by Crippen LogP contribution is 2.25. The highest BCUT2D eigenvalue weighted by atomic mass is 35.5. The monoisotopic (exact) mass is 412 g/mol. The molecular formula is C19H21ClO6S. The van der Waals surface area contributed by atoms with Crippen LogP contribution in [0.25, 0.3) is 0 Å². The lowest BCUT2D eigenvalue weighted by molar-refractivity contribution is -0.145. The van der Waals surface area contributed by atoms with E-state index in [0.717, 1.165) is 0 Å². The van der Waals surface area contributed by atoms with Gasteiger partial charge in [-0.2, -0.15) is 0 Å². The van der Waals surface area contributed by atoms with Crippen LogP contribution in [0.4, 0.5) is 0 Å². The molecule has 8 heteroatoms. The first-order valence-corrected chi connectivity index (χ1v) is 10.4. The minimum Gasteiger partial charge on any atom is -0.508 e. The molecule has 0 atom stereocenters. The Labute approximate surface area is 163 Å². The van der Waals surface area contributed by atoms with Gasteiger partial charge in [0.1, 0.15) is 11.5 Å². The second-order valence-electron chi connectivity index (χ2n) is 5.76. The Bertz CT molecular complexity index is 878. The molecule has 0 amide bonds. The Hall–Kier alpha value is -2.25. The molecule has 0 aliphatic carbocycles. The van der Waals surface area contributed by atoms with Crippen molar-refractivity contribution < 1.29 is 27.8 Å². The molecule has 0 fully saturated rings. The number of aromatic hydroxyl groups is 1. The molecule has 2 rings (SSSR count). The largest absolute Gasteiger partial charge is 0.508 e. The van der Waals surface area contributed by atoms with E-state index in [9.17, 15) is 18.3 Å². The maximum Gasteiger partial charge on any atom is 0.344 e. The number of benzene rings is 2. The molecule has 0 saturated heterocycles. The Morgan fingerprint density at radius 1 is 1.15 bits per heavy atom. The van der Waals surface area contributed by atoms with Crippen LogP contribution >= 0.6 is 11.6 Å². The molecule has 2 aromatic carbocycles. The third-order valence-corrected chi connectivity index (χ3v) is 5.82. The summed E-state index contributed by atoms with van der Waals surface area (Å²) in [6.07, 6.45) is 0.734. The summed E-state index contributed by atoms with van der Waals surface area (Å²) in [5, 5.41) is 10.6. The van der Waals surface area contributed by atoms with E-state index in [2.05, 4.69) is 0 Å². The summed E-state index contributed by atoms with van der Waals surface area (Å²) in [6, 6.07) is 10.7. The van der Waals surface area contributed by atoms with Gasteiger partial charge in [0.25, 0.3) is 0 Å². The number of carbonyl (C=O) groups is 1. The van der Waals surface area contributed by atoms with Gasteiger partial charge in [0.15, 0.2) is 16.4 Å². The second kappa shape index (κ2) is 9.62. The minimum absolute atomic E-state index is 0.0137. The Morgan fingerprint density at radius 3 is 2.48 bits per heavy atom. The van der Waals surface area contributed by atoms with Crippen LogP contribution in [0.15, 0.2) is 47.4 Å². The molecule has 0 bridgehead atoms. The van der Waals surface area contributed by atoms with Crippen molar-refractivity contribution in [3.8, 4) is 11.5 Å². The first-order chi connectivity index (χ1) is 12.8. The highest BCUT2D eigenvalue weighted by molar-refractivity contribution is 7.91. The molecular weight excluding hydrogens is 392 g/mol.